The number of hydrogen-bond acceptors (Lipinski definition) is 9. The van der Waals surface area contributed by atoms with Gasteiger partial charge in [0.1, 0.15) is 17.0 Å². The van der Waals surface area contributed by atoms with Gasteiger partial charge in [-0.1, -0.05) is 0 Å². The minimum Gasteiger partial charge on any atom is -0.491 e. The van der Waals surface area contributed by atoms with Gasteiger partial charge in [-0.2, -0.15) is 15.2 Å². The van der Waals surface area contributed by atoms with Crippen LogP contribution in [0.2, 0.25) is 0 Å². The number of aliphatic hydroxyl groups excluding tert-OH is 2. The van der Waals surface area contributed by atoms with Crippen molar-refractivity contribution in [2.75, 3.05) is 13.2 Å². The van der Waals surface area contributed by atoms with E-state index < -0.39 is 23.9 Å². The molecule has 4 aromatic heterocycles. The van der Waals surface area contributed by atoms with Gasteiger partial charge in [0.05, 0.1) is 40.2 Å². The largest absolute Gasteiger partial charge is 0.491 e. The molecule has 0 fully saturated rings. The summed E-state index contributed by atoms with van der Waals surface area (Å²) in [6, 6.07) is 11.4. The number of nitrogens with zero attached hydrogens (tertiary/aromatic N) is 10. The Hall–Kier alpha value is -6.27. The summed E-state index contributed by atoms with van der Waals surface area (Å²) in [4.78, 5) is 48.2. The van der Waals surface area contributed by atoms with Crippen molar-refractivity contribution in [3.05, 3.63) is 87.6 Å². The minimum atomic E-state index is -1.23. The quantitative estimate of drug-likeness (QED) is 0.106. The molecular weight excluding hydrogens is 757 g/mol. The van der Waals surface area contributed by atoms with Gasteiger partial charge >= 0.3 is 0 Å². The molecule has 6 aromatic rings. The van der Waals surface area contributed by atoms with Crippen molar-refractivity contribution in [1.29, 1.82) is 0 Å². The van der Waals surface area contributed by atoms with Gasteiger partial charge in [0, 0.05) is 63.4 Å². The highest BCUT2D eigenvalue weighted by atomic mass is 16.5. The number of hydrogen-bond donors (Lipinski definition) is 4. The molecule has 0 bridgehead atoms. The standard InChI is InChI=1S/C41H54N12O6/c1-9-50-32(18-23(3)46-50)38(57)44-40-48(7)30-20-27(36(42)55)14-15-29(30)52(40)25(5)12-13-26(6)53-35-31(21-28(37(43)56)22-34(35)59-17-11-16-54)49(8)41(53)45-39(58)33-19-24(4)47-51(33)10-2/h14-15,18-22,25-26,38,54,57H,9-13,16-17H2,1-8H3,(H2,42,55)(H2,43,56)/b44-40+,45-41+. The summed E-state index contributed by atoms with van der Waals surface area (Å²) >= 11 is 0. The fourth-order valence-corrected chi connectivity index (χ4v) is 7.66. The average molecular weight is 811 g/mol. The van der Waals surface area contributed by atoms with E-state index in [2.05, 4.69) is 22.1 Å². The first kappa shape index (κ1) is 42.3. The van der Waals surface area contributed by atoms with Gasteiger partial charge in [0.2, 0.25) is 23.1 Å². The molecule has 3 atom stereocenters. The average Bonchev–Trinajstić information content (AvgIpc) is 3.94. The number of carbonyl (C=O) groups is 3. The first-order chi connectivity index (χ1) is 28.1. The molecule has 2 aromatic carbocycles. The maximum Gasteiger partial charge on any atom is 0.298 e. The third-order valence-corrected chi connectivity index (χ3v) is 10.7. The SMILES string of the molecule is CCn1nc(C)cc1C(=O)/N=c1\n(C)c2cc(C(N)=O)cc(OCCCO)c2n1C(C)CCC(C)n1/c(=N/C(O)c2cc(C)nn2CC)n(C)c2cc(C(N)=O)ccc21. The van der Waals surface area contributed by atoms with E-state index in [0.717, 1.165) is 11.2 Å². The van der Waals surface area contributed by atoms with Crippen LogP contribution < -0.4 is 27.4 Å². The predicted molar refractivity (Wildman–Crippen MR) is 220 cm³/mol. The summed E-state index contributed by atoms with van der Waals surface area (Å²) < 4.78 is 17.1. The Labute approximate surface area is 340 Å². The third kappa shape index (κ3) is 8.22. The molecule has 314 valence electrons. The smallest absolute Gasteiger partial charge is 0.298 e. The molecule has 0 saturated carbocycles. The fourth-order valence-electron chi connectivity index (χ4n) is 7.66. The van der Waals surface area contributed by atoms with Gasteiger partial charge < -0.3 is 44.7 Å². The summed E-state index contributed by atoms with van der Waals surface area (Å²) in [6.07, 6.45) is 0.242. The summed E-state index contributed by atoms with van der Waals surface area (Å²) in [5, 5.41) is 30.0. The Bertz CT molecular complexity index is 2710. The Morgan fingerprint density at radius 3 is 2.05 bits per heavy atom. The Morgan fingerprint density at radius 1 is 0.797 bits per heavy atom. The number of primary amides is 2. The van der Waals surface area contributed by atoms with Crippen molar-refractivity contribution in [2.24, 2.45) is 35.5 Å². The summed E-state index contributed by atoms with van der Waals surface area (Å²) in [7, 11) is 3.59. The predicted octanol–water partition coefficient (Wildman–Crippen LogP) is 3.22. The second-order valence-corrected chi connectivity index (χ2v) is 14.9. The molecule has 0 aliphatic carbocycles. The van der Waals surface area contributed by atoms with Crippen LogP contribution in [0.1, 0.15) is 114 Å². The lowest BCUT2D eigenvalue weighted by Gasteiger charge is -2.21. The van der Waals surface area contributed by atoms with Crippen molar-refractivity contribution >= 4 is 39.8 Å². The van der Waals surface area contributed by atoms with Crippen LogP contribution in [-0.4, -0.2) is 79.0 Å². The molecule has 0 saturated heterocycles. The Kier molecular flexibility index (Phi) is 12.4. The van der Waals surface area contributed by atoms with Crippen LogP contribution in [0.5, 0.6) is 5.75 Å². The molecule has 3 amide bonds. The first-order valence-corrected chi connectivity index (χ1v) is 19.8. The molecule has 6 rings (SSSR count). The van der Waals surface area contributed by atoms with E-state index in [-0.39, 0.29) is 30.9 Å². The molecule has 0 aliphatic rings. The number of fused-ring (bicyclic) bond motifs is 2. The number of imidazole rings is 2. The number of carbonyl (C=O) groups excluding carboxylic acids is 3. The van der Waals surface area contributed by atoms with Crippen LogP contribution in [0, 0.1) is 13.8 Å². The molecule has 59 heavy (non-hydrogen) atoms. The zero-order valence-electron chi connectivity index (χ0n) is 34.9. The molecule has 0 aliphatic heterocycles. The zero-order valence-corrected chi connectivity index (χ0v) is 34.9. The molecule has 3 unspecified atom stereocenters. The highest BCUT2D eigenvalue weighted by Gasteiger charge is 2.25. The highest BCUT2D eigenvalue weighted by Crippen LogP contribution is 2.32. The van der Waals surface area contributed by atoms with Crippen LogP contribution in [0.3, 0.4) is 0 Å². The lowest BCUT2D eigenvalue weighted by atomic mass is 10.1. The summed E-state index contributed by atoms with van der Waals surface area (Å²) in [5.74, 6) is -1.35. The van der Waals surface area contributed by atoms with E-state index in [9.17, 15) is 24.6 Å². The van der Waals surface area contributed by atoms with Crippen LogP contribution >= 0.6 is 0 Å². The van der Waals surface area contributed by atoms with Crippen molar-refractivity contribution in [2.45, 2.75) is 92.2 Å². The van der Waals surface area contributed by atoms with E-state index >= 15 is 0 Å². The van der Waals surface area contributed by atoms with Crippen molar-refractivity contribution in [3.8, 4) is 5.75 Å². The normalized spacial score (nSPS) is 14.1. The number of amides is 3. The molecular formula is C41H54N12O6. The lowest BCUT2D eigenvalue weighted by Crippen LogP contribution is -2.30. The number of aryl methyl sites for hydroxylation is 6. The third-order valence-electron chi connectivity index (χ3n) is 10.7. The van der Waals surface area contributed by atoms with Crippen LogP contribution in [0.15, 0.2) is 52.4 Å². The fraction of sp³-hybridized carbons (Fsp3) is 0.439. The van der Waals surface area contributed by atoms with Gasteiger partial charge in [-0.3, -0.25) is 23.7 Å². The number of aliphatic hydroxyl groups is 2. The van der Waals surface area contributed by atoms with Crippen molar-refractivity contribution in [1.82, 2.24) is 37.8 Å². The van der Waals surface area contributed by atoms with Crippen molar-refractivity contribution < 1.29 is 29.3 Å². The van der Waals surface area contributed by atoms with Crippen molar-refractivity contribution in [3.63, 3.8) is 0 Å². The topological polar surface area (TPSA) is 233 Å². The van der Waals surface area contributed by atoms with Gasteiger partial charge in [-0.15, -0.1) is 0 Å². The van der Waals surface area contributed by atoms with E-state index in [0.29, 0.717) is 88.5 Å². The monoisotopic (exact) mass is 810 g/mol. The summed E-state index contributed by atoms with van der Waals surface area (Å²) in [6.45, 7) is 12.7. The molecule has 0 radical (unpaired) electrons. The molecule has 18 nitrogen and oxygen atoms in total. The Balaban J connectivity index is 1.49. The highest BCUT2D eigenvalue weighted by molar-refractivity contribution is 5.99. The van der Waals surface area contributed by atoms with Gasteiger partial charge in [-0.25, -0.2) is 4.99 Å². The van der Waals surface area contributed by atoms with Crippen LogP contribution in [0.4, 0.5) is 0 Å². The van der Waals surface area contributed by atoms with E-state index in [1.165, 1.54) is 0 Å². The lowest BCUT2D eigenvalue weighted by molar-refractivity contribution is 0.0980. The van der Waals surface area contributed by atoms with E-state index in [1.807, 2.05) is 61.4 Å². The van der Waals surface area contributed by atoms with E-state index in [4.69, 9.17) is 21.2 Å². The van der Waals surface area contributed by atoms with Crippen LogP contribution in [0.25, 0.3) is 22.1 Å². The van der Waals surface area contributed by atoms with E-state index in [1.54, 1.807) is 57.4 Å². The number of rotatable bonds is 16. The van der Waals surface area contributed by atoms with Gasteiger partial charge in [0.25, 0.3) is 5.91 Å². The zero-order chi connectivity index (χ0) is 42.9. The molecule has 4 heterocycles. The molecule has 0 spiro atoms. The minimum absolute atomic E-state index is 0.0931. The first-order valence-electron chi connectivity index (χ1n) is 19.8. The maximum absolute atomic E-state index is 13.9. The second kappa shape index (κ2) is 17.3. The number of aromatic nitrogens is 8. The Morgan fingerprint density at radius 2 is 1.41 bits per heavy atom. The second-order valence-electron chi connectivity index (χ2n) is 14.9. The molecule has 6 N–H and O–H groups in total. The van der Waals surface area contributed by atoms with Crippen LogP contribution in [-0.2, 0) is 27.2 Å². The number of ether oxygens (including phenoxy) is 1. The summed E-state index contributed by atoms with van der Waals surface area (Å²) in [5.41, 5.74) is 17.8. The maximum atomic E-state index is 13.9. The number of nitrogens with two attached hydrogens (primary N) is 2. The molecule has 18 heteroatoms. The number of benzene rings is 2. The van der Waals surface area contributed by atoms with Gasteiger partial charge in [0.15, 0.2) is 6.23 Å². The van der Waals surface area contributed by atoms with Gasteiger partial charge in [-0.05, 0) is 96.8 Å².